The van der Waals surface area contributed by atoms with Gasteiger partial charge in [-0.15, -0.1) is 0 Å². The van der Waals surface area contributed by atoms with Gasteiger partial charge in [-0.2, -0.15) is 5.26 Å². The molecule has 1 spiro atoms. The van der Waals surface area contributed by atoms with E-state index in [-0.39, 0.29) is 29.6 Å². The van der Waals surface area contributed by atoms with Crippen molar-refractivity contribution in [1.82, 2.24) is 5.32 Å². The Morgan fingerprint density at radius 3 is 2.79 bits per heavy atom. The summed E-state index contributed by atoms with van der Waals surface area (Å²) in [6.45, 7) is 0.500. The molecule has 2 atom stereocenters. The molecule has 1 unspecified atom stereocenters. The highest BCUT2D eigenvalue weighted by atomic mass is 16.5. The number of hydrogen-bond donors (Lipinski definition) is 3. The second-order valence-electron chi connectivity index (χ2n) is 8.52. The van der Waals surface area contributed by atoms with E-state index < -0.39 is 5.97 Å². The molecule has 33 heavy (non-hydrogen) atoms. The maximum Gasteiger partial charge on any atom is 0.303 e. The van der Waals surface area contributed by atoms with Gasteiger partial charge < -0.3 is 20.5 Å². The standard InChI is InChI=1S/C25H25N3O5/c1-27-23(31)17-7-8-21-18(12-17)25(9-10-33-21)13-19(25)24(32)28-20-11-15(14-26)5-6-16(20)3-2-4-22(29)30/h5-8,11-12,19H,2-4,9-10,13H2,1H3,(H,27,31)(H,28,32)(H,29,30)/t19-,25?/m0/s1. The van der Waals surface area contributed by atoms with Crippen molar-refractivity contribution < 1.29 is 24.2 Å². The fourth-order valence-corrected chi connectivity index (χ4v) is 4.66. The molecular weight excluding hydrogens is 422 g/mol. The lowest BCUT2D eigenvalue weighted by Crippen LogP contribution is -2.28. The molecule has 1 aliphatic carbocycles. The van der Waals surface area contributed by atoms with Gasteiger partial charge in [-0.25, -0.2) is 0 Å². The average Bonchev–Trinajstić information content (AvgIpc) is 3.54. The summed E-state index contributed by atoms with van der Waals surface area (Å²) in [5, 5.41) is 23.8. The van der Waals surface area contributed by atoms with Gasteiger partial charge in [-0.05, 0) is 61.6 Å². The number of carboxylic acid groups (broad SMARTS) is 1. The van der Waals surface area contributed by atoms with Crippen molar-refractivity contribution in [3.8, 4) is 11.8 Å². The lowest BCUT2D eigenvalue weighted by atomic mass is 9.86. The quantitative estimate of drug-likeness (QED) is 0.599. The van der Waals surface area contributed by atoms with Crippen LogP contribution >= 0.6 is 0 Å². The van der Waals surface area contributed by atoms with Crippen LogP contribution in [-0.2, 0) is 21.4 Å². The number of anilines is 1. The molecular formula is C25H25N3O5. The molecule has 0 bridgehead atoms. The monoisotopic (exact) mass is 447 g/mol. The van der Waals surface area contributed by atoms with E-state index in [0.29, 0.717) is 54.9 Å². The number of carbonyl (C=O) groups is 3. The molecule has 1 heterocycles. The molecule has 2 aromatic carbocycles. The predicted octanol–water partition coefficient (Wildman–Crippen LogP) is 3.00. The van der Waals surface area contributed by atoms with Crippen LogP contribution in [-0.4, -0.2) is 36.5 Å². The molecule has 4 rings (SSSR count). The molecule has 1 aliphatic heterocycles. The summed E-state index contributed by atoms with van der Waals surface area (Å²) in [4.78, 5) is 36.2. The summed E-state index contributed by atoms with van der Waals surface area (Å²) in [6, 6.07) is 12.4. The Bertz CT molecular complexity index is 1170. The van der Waals surface area contributed by atoms with Crippen LogP contribution in [0.25, 0.3) is 0 Å². The molecule has 170 valence electrons. The van der Waals surface area contributed by atoms with Crippen molar-refractivity contribution in [2.75, 3.05) is 19.0 Å². The van der Waals surface area contributed by atoms with Gasteiger partial charge in [-0.3, -0.25) is 14.4 Å². The number of hydrogen-bond acceptors (Lipinski definition) is 5. The topological polar surface area (TPSA) is 129 Å². The van der Waals surface area contributed by atoms with Gasteiger partial charge in [0.05, 0.1) is 18.2 Å². The van der Waals surface area contributed by atoms with Crippen LogP contribution in [0.1, 0.15) is 52.7 Å². The first-order chi connectivity index (χ1) is 15.9. The van der Waals surface area contributed by atoms with Crippen molar-refractivity contribution in [3.05, 3.63) is 58.7 Å². The number of rotatable bonds is 7. The molecule has 8 nitrogen and oxygen atoms in total. The van der Waals surface area contributed by atoms with E-state index in [4.69, 9.17) is 9.84 Å². The summed E-state index contributed by atoms with van der Waals surface area (Å²) >= 11 is 0. The molecule has 3 N–H and O–H groups in total. The summed E-state index contributed by atoms with van der Waals surface area (Å²) in [5.74, 6) is -0.798. The highest BCUT2D eigenvalue weighted by molar-refractivity contribution is 5.98. The van der Waals surface area contributed by atoms with Crippen molar-refractivity contribution >= 4 is 23.5 Å². The number of carbonyl (C=O) groups excluding carboxylic acids is 2. The zero-order valence-electron chi connectivity index (χ0n) is 18.3. The van der Waals surface area contributed by atoms with E-state index in [2.05, 4.69) is 16.7 Å². The van der Waals surface area contributed by atoms with Crippen LogP contribution in [0, 0.1) is 17.2 Å². The molecule has 1 saturated carbocycles. The second kappa shape index (κ2) is 8.94. The first-order valence-corrected chi connectivity index (χ1v) is 10.9. The smallest absolute Gasteiger partial charge is 0.303 e. The highest BCUT2D eigenvalue weighted by Gasteiger charge is 2.61. The van der Waals surface area contributed by atoms with Gasteiger partial charge in [0.2, 0.25) is 5.91 Å². The van der Waals surface area contributed by atoms with E-state index in [0.717, 1.165) is 11.1 Å². The van der Waals surface area contributed by atoms with Gasteiger partial charge in [0.1, 0.15) is 5.75 Å². The first kappa shape index (κ1) is 22.3. The molecule has 2 aromatic rings. The summed E-state index contributed by atoms with van der Waals surface area (Å²) in [7, 11) is 1.57. The van der Waals surface area contributed by atoms with E-state index in [1.807, 2.05) is 6.07 Å². The Labute approximate surface area is 191 Å². The minimum atomic E-state index is -0.872. The van der Waals surface area contributed by atoms with Crippen LogP contribution < -0.4 is 15.4 Å². The third kappa shape index (κ3) is 4.40. The number of ether oxygens (including phenoxy) is 1. The second-order valence-corrected chi connectivity index (χ2v) is 8.52. The molecule has 0 aromatic heterocycles. The maximum atomic E-state index is 13.3. The van der Waals surface area contributed by atoms with Crippen LogP contribution in [0.5, 0.6) is 5.75 Å². The molecule has 2 aliphatic rings. The van der Waals surface area contributed by atoms with Crippen molar-refractivity contribution in [3.63, 3.8) is 0 Å². The van der Waals surface area contributed by atoms with Crippen LogP contribution in [0.2, 0.25) is 0 Å². The third-order valence-electron chi connectivity index (χ3n) is 6.54. The van der Waals surface area contributed by atoms with Gasteiger partial charge >= 0.3 is 5.97 Å². The normalized spacial score (nSPS) is 20.2. The largest absolute Gasteiger partial charge is 0.493 e. The number of carboxylic acids is 1. The molecule has 8 heteroatoms. The number of benzene rings is 2. The van der Waals surface area contributed by atoms with E-state index in [1.165, 1.54) is 0 Å². The van der Waals surface area contributed by atoms with Gasteiger partial charge in [0.25, 0.3) is 5.91 Å². The zero-order chi connectivity index (χ0) is 23.6. The number of nitriles is 1. The summed E-state index contributed by atoms with van der Waals surface area (Å²) in [6.07, 6.45) is 2.28. The minimum absolute atomic E-state index is 0.0313. The van der Waals surface area contributed by atoms with Crippen molar-refractivity contribution in [1.29, 1.82) is 5.26 Å². The van der Waals surface area contributed by atoms with E-state index in [1.54, 1.807) is 37.4 Å². The fraction of sp³-hybridized carbons (Fsp3) is 0.360. The predicted molar refractivity (Wildman–Crippen MR) is 120 cm³/mol. The van der Waals surface area contributed by atoms with Gasteiger partial charge in [0.15, 0.2) is 0 Å². The van der Waals surface area contributed by atoms with Crippen LogP contribution in [0.15, 0.2) is 36.4 Å². The highest BCUT2D eigenvalue weighted by Crippen LogP contribution is 2.61. The van der Waals surface area contributed by atoms with Crippen LogP contribution in [0.3, 0.4) is 0 Å². The number of aryl methyl sites for hydroxylation is 1. The van der Waals surface area contributed by atoms with Crippen LogP contribution in [0.4, 0.5) is 5.69 Å². The lowest BCUT2D eigenvalue weighted by molar-refractivity contribution is -0.137. The maximum absolute atomic E-state index is 13.3. The first-order valence-electron chi connectivity index (χ1n) is 10.9. The number of nitrogens with one attached hydrogen (secondary N) is 2. The zero-order valence-corrected chi connectivity index (χ0v) is 18.3. The number of fused-ring (bicyclic) bond motifs is 2. The van der Waals surface area contributed by atoms with Crippen molar-refractivity contribution in [2.45, 2.75) is 37.5 Å². The fourth-order valence-electron chi connectivity index (χ4n) is 4.66. The number of nitrogens with zero attached hydrogens (tertiary/aromatic N) is 1. The Balaban J connectivity index is 1.56. The third-order valence-corrected chi connectivity index (χ3v) is 6.54. The number of aliphatic carboxylic acids is 1. The molecule has 1 fully saturated rings. The SMILES string of the molecule is CNC(=O)c1ccc2c(c1)C1(CCO2)C[C@H]1C(=O)Nc1cc(C#N)ccc1CCCC(=O)O. The minimum Gasteiger partial charge on any atom is -0.493 e. The van der Waals surface area contributed by atoms with Gasteiger partial charge in [-0.1, -0.05) is 6.07 Å². The Kier molecular flexibility index (Phi) is 6.05. The Morgan fingerprint density at radius 1 is 1.24 bits per heavy atom. The molecule has 2 amide bonds. The lowest BCUT2D eigenvalue weighted by Gasteiger charge is -2.27. The van der Waals surface area contributed by atoms with E-state index in [9.17, 15) is 19.6 Å². The Hall–Kier alpha value is -3.86. The van der Waals surface area contributed by atoms with Crippen molar-refractivity contribution in [2.24, 2.45) is 5.92 Å². The number of amides is 2. The van der Waals surface area contributed by atoms with E-state index >= 15 is 0 Å². The molecule has 0 radical (unpaired) electrons. The van der Waals surface area contributed by atoms with Gasteiger partial charge in [0, 0.05) is 41.6 Å². The Morgan fingerprint density at radius 2 is 2.06 bits per heavy atom. The molecule has 0 saturated heterocycles. The average molecular weight is 447 g/mol. The summed E-state index contributed by atoms with van der Waals surface area (Å²) in [5.41, 5.74) is 2.78. The summed E-state index contributed by atoms with van der Waals surface area (Å²) < 4.78 is 5.78.